The molecule has 0 aliphatic carbocycles. The summed E-state index contributed by atoms with van der Waals surface area (Å²) in [6.45, 7) is 1.17. The smallest absolute Gasteiger partial charge is 0.254 e. The van der Waals surface area contributed by atoms with E-state index in [2.05, 4.69) is 10.8 Å². The van der Waals surface area contributed by atoms with E-state index < -0.39 is 11.6 Å². The number of carbonyl (C=O) groups is 1. The van der Waals surface area contributed by atoms with E-state index in [0.29, 0.717) is 13.0 Å². The molecular weight excluding hydrogens is 230 g/mol. The molecule has 18 heavy (non-hydrogen) atoms. The highest BCUT2D eigenvalue weighted by Gasteiger charge is 2.37. The zero-order valence-electron chi connectivity index (χ0n) is 10.3. The van der Waals surface area contributed by atoms with Crippen LogP contribution >= 0.6 is 0 Å². The van der Waals surface area contributed by atoms with Crippen molar-refractivity contribution < 1.29 is 9.63 Å². The summed E-state index contributed by atoms with van der Waals surface area (Å²) in [6.07, 6.45) is 2.66. The van der Waals surface area contributed by atoms with Crippen LogP contribution in [0.1, 0.15) is 24.8 Å². The zero-order chi connectivity index (χ0) is 12.8. The number of carbonyl (C=O) groups excluding carboxylic acids is 1. The average molecular weight is 249 g/mol. The van der Waals surface area contributed by atoms with Gasteiger partial charge < -0.3 is 5.73 Å². The van der Waals surface area contributed by atoms with Gasteiger partial charge in [-0.15, -0.1) is 0 Å². The van der Waals surface area contributed by atoms with Crippen LogP contribution in [-0.4, -0.2) is 18.1 Å². The van der Waals surface area contributed by atoms with Gasteiger partial charge in [-0.3, -0.25) is 14.9 Å². The number of nitrogens with two attached hydrogens (primary N) is 1. The molecule has 1 unspecified atom stereocenters. The fourth-order valence-electron chi connectivity index (χ4n) is 2.07. The molecule has 1 heterocycles. The predicted molar refractivity (Wildman–Crippen MR) is 68.1 cm³/mol. The number of amides is 1. The largest absolute Gasteiger partial charge is 0.367 e. The van der Waals surface area contributed by atoms with Crippen LogP contribution in [0, 0.1) is 0 Å². The Labute approximate surface area is 107 Å². The van der Waals surface area contributed by atoms with Gasteiger partial charge in [0.05, 0.1) is 6.61 Å². The molecule has 2 rings (SSSR count). The maximum absolute atomic E-state index is 11.5. The van der Waals surface area contributed by atoms with Crippen molar-refractivity contribution in [1.29, 1.82) is 0 Å². The van der Waals surface area contributed by atoms with Gasteiger partial charge in [0.25, 0.3) is 5.91 Å². The Morgan fingerprint density at radius 1 is 1.39 bits per heavy atom. The van der Waals surface area contributed by atoms with Gasteiger partial charge in [0.15, 0.2) is 5.66 Å². The van der Waals surface area contributed by atoms with Crippen LogP contribution < -0.4 is 16.5 Å². The Balaban J connectivity index is 1.88. The second kappa shape index (κ2) is 5.95. The molecule has 1 amide bonds. The van der Waals surface area contributed by atoms with E-state index in [4.69, 9.17) is 10.6 Å². The van der Waals surface area contributed by atoms with Crippen molar-refractivity contribution in [3.8, 4) is 0 Å². The topological polar surface area (TPSA) is 76.4 Å². The van der Waals surface area contributed by atoms with Crippen LogP contribution in [0.2, 0.25) is 0 Å². The molecule has 1 aromatic carbocycles. The number of hydroxylamine groups is 1. The molecule has 5 nitrogen and oxygen atoms in total. The van der Waals surface area contributed by atoms with Gasteiger partial charge in [0.2, 0.25) is 0 Å². The third kappa shape index (κ3) is 3.07. The molecular formula is C13H19N3O2. The Hall–Kier alpha value is -1.43. The third-order valence-corrected chi connectivity index (χ3v) is 3.15. The molecule has 1 saturated heterocycles. The minimum Gasteiger partial charge on any atom is -0.367 e. The van der Waals surface area contributed by atoms with Crippen LogP contribution in [0.5, 0.6) is 0 Å². The summed E-state index contributed by atoms with van der Waals surface area (Å²) < 4.78 is 0. The van der Waals surface area contributed by atoms with Crippen LogP contribution in [-0.2, 0) is 16.2 Å². The first-order valence-electron chi connectivity index (χ1n) is 6.21. The van der Waals surface area contributed by atoms with Gasteiger partial charge in [-0.1, -0.05) is 30.3 Å². The van der Waals surface area contributed by atoms with Crippen LogP contribution in [0.3, 0.4) is 0 Å². The Kier molecular flexibility index (Phi) is 4.30. The summed E-state index contributed by atoms with van der Waals surface area (Å²) in [4.78, 5) is 16.9. The van der Waals surface area contributed by atoms with E-state index in [-0.39, 0.29) is 0 Å². The van der Waals surface area contributed by atoms with E-state index in [0.717, 1.165) is 24.9 Å². The lowest BCUT2D eigenvalue weighted by Gasteiger charge is -2.35. The Bertz CT molecular complexity index is 388. The molecule has 0 radical (unpaired) electrons. The van der Waals surface area contributed by atoms with Crippen molar-refractivity contribution in [2.45, 2.75) is 31.5 Å². The van der Waals surface area contributed by atoms with Crippen molar-refractivity contribution in [2.75, 3.05) is 6.54 Å². The van der Waals surface area contributed by atoms with Crippen LogP contribution in [0.25, 0.3) is 0 Å². The minimum absolute atomic E-state index is 0.400. The molecule has 1 aromatic rings. The summed E-state index contributed by atoms with van der Waals surface area (Å²) in [5, 5.41) is 3.11. The van der Waals surface area contributed by atoms with E-state index in [9.17, 15) is 4.79 Å². The van der Waals surface area contributed by atoms with Crippen molar-refractivity contribution in [2.24, 2.45) is 5.73 Å². The van der Waals surface area contributed by atoms with E-state index >= 15 is 0 Å². The molecule has 1 fully saturated rings. The number of benzene rings is 1. The summed E-state index contributed by atoms with van der Waals surface area (Å²) in [7, 11) is 0. The third-order valence-electron chi connectivity index (χ3n) is 3.15. The summed E-state index contributed by atoms with van der Waals surface area (Å²) in [6, 6.07) is 9.77. The van der Waals surface area contributed by atoms with Crippen LogP contribution in [0.4, 0.5) is 0 Å². The van der Waals surface area contributed by atoms with E-state index in [1.165, 1.54) is 0 Å². The van der Waals surface area contributed by atoms with Crippen molar-refractivity contribution >= 4 is 5.91 Å². The SMILES string of the molecule is NC(=O)C1(NOCc2ccccc2)CCCCN1. The number of piperidine rings is 1. The fourth-order valence-corrected chi connectivity index (χ4v) is 2.07. The van der Waals surface area contributed by atoms with Gasteiger partial charge in [0.1, 0.15) is 0 Å². The Morgan fingerprint density at radius 2 is 2.17 bits per heavy atom. The van der Waals surface area contributed by atoms with Gasteiger partial charge >= 0.3 is 0 Å². The predicted octanol–water partition coefficient (Wildman–Crippen LogP) is 0.663. The average Bonchev–Trinajstić information content (AvgIpc) is 2.41. The highest BCUT2D eigenvalue weighted by atomic mass is 16.6. The lowest BCUT2D eigenvalue weighted by atomic mass is 9.98. The quantitative estimate of drug-likeness (QED) is 0.670. The number of nitrogens with one attached hydrogen (secondary N) is 2. The number of hydrogen-bond donors (Lipinski definition) is 3. The first-order chi connectivity index (χ1) is 8.73. The summed E-state index contributed by atoms with van der Waals surface area (Å²) >= 11 is 0. The molecule has 5 heteroatoms. The number of rotatable bonds is 5. The maximum atomic E-state index is 11.5. The number of hydrogen-bond acceptors (Lipinski definition) is 4. The second-order valence-corrected chi connectivity index (χ2v) is 4.53. The van der Waals surface area contributed by atoms with Crippen molar-refractivity contribution in [1.82, 2.24) is 10.8 Å². The number of primary amides is 1. The monoisotopic (exact) mass is 249 g/mol. The molecule has 98 valence electrons. The molecule has 1 aliphatic rings. The van der Waals surface area contributed by atoms with Gasteiger partial charge in [-0.25, -0.2) is 0 Å². The lowest BCUT2D eigenvalue weighted by molar-refractivity contribution is -0.138. The molecule has 0 bridgehead atoms. The van der Waals surface area contributed by atoms with Gasteiger partial charge in [0, 0.05) is 0 Å². The minimum atomic E-state index is -0.924. The van der Waals surface area contributed by atoms with Crippen molar-refractivity contribution in [3.05, 3.63) is 35.9 Å². The van der Waals surface area contributed by atoms with Crippen molar-refractivity contribution in [3.63, 3.8) is 0 Å². The van der Waals surface area contributed by atoms with Crippen LogP contribution in [0.15, 0.2) is 30.3 Å². The molecule has 0 saturated carbocycles. The summed E-state index contributed by atoms with van der Waals surface area (Å²) in [5.41, 5.74) is 8.35. The fraction of sp³-hybridized carbons (Fsp3) is 0.462. The highest BCUT2D eigenvalue weighted by Crippen LogP contribution is 2.16. The van der Waals surface area contributed by atoms with Gasteiger partial charge in [-0.2, -0.15) is 5.48 Å². The first kappa shape index (κ1) is 13.0. The molecule has 1 aliphatic heterocycles. The normalized spacial score (nSPS) is 23.8. The van der Waals surface area contributed by atoms with E-state index in [1.54, 1.807) is 0 Å². The first-order valence-corrected chi connectivity index (χ1v) is 6.21. The molecule has 4 N–H and O–H groups in total. The summed E-state index contributed by atoms with van der Waals surface area (Å²) in [5.74, 6) is -0.421. The second-order valence-electron chi connectivity index (χ2n) is 4.53. The zero-order valence-corrected chi connectivity index (χ0v) is 10.3. The van der Waals surface area contributed by atoms with Gasteiger partial charge in [-0.05, 0) is 31.4 Å². The molecule has 0 aromatic heterocycles. The molecule has 1 atom stereocenters. The maximum Gasteiger partial charge on any atom is 0.254 e. The standard InChI is InChI=1S/C13H19N3O2/c14-12(17)13(8-4-5-9-15-13)16-18-10-11-6-2-1-3-7-11/h1-3,6-7,15-16H,4-5,8-10H2,(H2,14,17). The lowest BCUT2D eigenvalue weighted by Crippen LogP contribution is -2.66. The Morgan fingerprint density at radius 3 is 2.78 bits per heavy atom. The molecule has 0 spiro atoms. The van der Waals surface area contributed by atoms with E-state index in [1.807, 2.05) is 30.3 Å². The highest BCUT2D eigenvalue weighted by molar-refractivity contribution is 5.84.